The Morgan fingerprint density at radius 3 is 2.50 bits per heavy atom. The normalized spacial score (nSPS) is 22.7. The van der Waals surface area contributed by atoms with E-state index >= 15 is 0 Å². The van der Waals surface area contributed by atoms with Crippen LogP contribution in [0.2, 0.25) is 5.02 Å². The van der Waals surface area contributed by atoms with Gasteiger partial charge in [-0.05, 0) is 98.8 Å². The van der Waals surface area contributed by atoms with Crippen molar-refractivity contribution >= 4 is 46.2 Å². The van der Waals surface area contributed by atoms with E-state index in [0.717, 1.165) is 68.2 Å². The van der Waals surface area contributed by atoms with Gasteiger partial charge in [-0.2, -0.15) is 0 Å². The van der Waals surface area contributed by atoms with E-state index in [1.165, 1.54) is 18.2 Å². The van der Waals surface area contributed by atoms with E-state index in [1.54, 1.807) is 0 Å². The van der Waals surface area contributed by atoms with Gasteiger partial charge in [-0.1, -0.05) is 55.6 Å². The zero-order valence-electron chi connectivity index (χ0n) is 21.3. The zero-order chi connectivity index (χ0) is 25.4. The van der Waals surface area contributed by atoms with Crippen LogP contribution in [-0.4, -0.2) is 26.6 Å². The van der Waals surface area contributed by atoms with Crippen LogP contribution in [0.5, 0.6) is 0 Å². The minimum Gasteiger partial charge on any atom is -0.318 e. The van der Waals surface area contributed by atoms with Crippen LogP contribution in [0.4, 0.5) is 5.69 Å². The molecule has 2 aromatic carbocycles. The SMILES string of the molecule is Cc1ccc(-n2c(C)cc(/C=C3\SC(=Nc4ccccc4)N([C@H]4CCCC[C@@H]4C)C3=O)c2C)cc1Cl. The molecule has 1 saturated heterocycles. The van der Waals surface area contributed by atoms with E-state index in [-0.39, 0.29) is 11.9 Å². The summed E-state index contributed by atoms with van der Waals surface area (Å²) in [5, 5.41) is 1.54. The average molecular weight is 518 g/mol. The monoisotopic (exact) mass is 517 g/mol. The van der Waals surface area contributed by atoms with Gasteiger partial charge in [-0.25, -0.2) is 4.99 Å². The molecule has 2 aliphatic rings. The standard InChI is InChI=1S/C30H32ClN3OS/c1-19-14-15-25(18-26(19)31)33-21(3)16-23(22(33)4)17-28-29(35)34(27-13-9-8-10-20(27)2)30(36-28)32-24-11-6-5-7-12-24/h5-7,11-12,14-18,20,27H,8-10,13H2,1-4H3/b28-17-,32-30?/t20-,27-/m0/s1. The molecule has 1 aliphatic carbocycles. The number of rotatable bonds is 4. The Hall–Kier alpha value is -2.76. The number of aryl methyl sites for hydroxylation is 2. The van der Waals surface area contributed by atoms with Crippen molar-refractivity contribution in [1.82, 2.24) is 9.47 Å². The molecule has 2 fully saturated rings. The van der Waals surface area contributed by atoms with Gasteiger partial charge < -0.3 is 4.57 Å². The summed E-state index contributed by atoms with van der Waals surface area (Å²) in [4.78, 5) is 21.5. The molecule has 36 heavy (non-hydrogen) atoms. The summed E-state index contributed by atoms with van der Waals surface area (Å²) in [5.41, 5.74) is 6.18. The molecule has 6 heteroatoms. The molecule has 1 aromatic heterocycles. The summed E-state index contributed by atoms with van der Waals surface area (Å²) >= 11 is 7.92. The number of para-hydroxylation sites is 1. The van der Waals surface area contributed by atoms with Crippen LogP contribution in [0.15, 0.2) is 64.5 Å². The molecular weight excluding hydrogens is 486 g/mol. The lowest BCUT2D eigenvalue weighted by Gasteiger charge is -2.35. The van der Waals surface area contributed by atoms with Crippen molar-refractivity contribution in [3.8, 4) is 5.69 Å². The summed E-state index contributed by atoms with van der Waals surface area (Å²) in [6, 6.07) is 18.4. The maximum atomic E-state index is 13.8. The number of hydrogen-bond donors (Lipinski definition) is 0. The van der Waals surface area contributed by atoms with Gasteiger partial charge in [0, 0.05) is 28.1 Å². The Balaban J connectivity index is 1.54. The molecule has 2 heterocycles. The fourth-order valence-corrected chi connectivity index (χ4v) is 6.55. The Labute approximate surface area is 223 Å². The first-order valence-corrected chi connectivity index (χ1v) is 13.8. The number of carbonyl (C=O) groups is 1. The van der Waals surface area contributed by atoms with E-state index in [2.05, 4.69) is 37.5 Å². The Kier molecular flexibility index (Phi) is 7.14. The fourth-order valence-electron chi connectivity index (χ4n) is 5.34. The highest BCUT2D eigenvalue weighted by atomic mass is 35.5. The highest BCUT2D eigenvalue weighted by molar-refractivity contribution is 8.18. The van der Waals surface area contributed by atoms with Crippen molar-refractivity contribution in [3.63, 3.8) is 0 Å². The van der Waals surface area contributed by atoms with Crippen LogP contribution < -0.4 is 0 Å². The van der Waals surface area contributed by atoms with E-state index in [9.17, 15) is 4.79 Å². The maximum absolute atomic E-state index is 13.8. The smallest absolute Gasteiger partial charge is 0.267 e. The number of benzene rings is 2. The summed E-state index contributed by atoms with van der Waals surface area (Å²) in [7, 11) is 0. The third kappa shape index (κ3) is 4.79. The van der Waals surface area contributed by atoms with Gasteiger partial charge in [-0.15, -0.1) is 0 Å². The van der Waals surface area contributed by atoms with Crippen molar-refractivity contribution in [2.24, 2.45) is 10.9 Å². The maximum Gasteiger partial charge on any atom is 0.267 e. The van der Waals surface area contributed by atoms with Crippen LogP contribution >= 0.6 is 23.4 Å². The number of carbonyl (C=O) groups excluding carboxylic acids is 1. The predicted molar refractivity (Wildman–Crippen MR) is 152 cm³/mol. The number of thioether (sulfide) groups is 1. The van der Waals surface area contributed by atoms with Crippen LogP contribution in [0, 0.1) is 26.7 Å². The van der Waals surface area contributed by atoms with Crippen molar-refractivity contribution in [2.75, 3.05) is 0 Å². The number of aromatic nitrogens is 1. The first-order chi connectivity index (χ1) is 17.3. The average Bonchev–Trinajstić information content (AvgIpc) is 3.31. The number of amidine groups is 1. The molecular formula is C30H32ClN3OS. The molecule has 0 unspecified atom stereocenters. The van der Waals surface area contributed by atoms with Crippen LogP contribution in [-0.2, 0) is 4.79 Å². The lowest BCUT2D eigenvalue weighted by Crippen LogP contribution is -2.44. The number of hydrogen-bond acceptors (Lipinski definition) is 3. The summed E-state index contributed by atoms with van der Waals surface area (Å²) in [6.07, 6.45) is 6.60. The largest absolute Gasteiger partial charge is 0.318 e. The van der Waals surface area contributed by atoms with Crippen LogP contribution in [0.1, 0.15) is 55.1 Å². The number of nitrogens with zero attached hydrogens (tertiary/aromatic N) is 3. The van der Waals surface area contributed by atoms with Crippen LogP contribution in [0.25, 0.3) is 11.8 Å². The van der Waals surface area contributed by atoms with E-state index < -0.39 is 0 Å². The molecule has 4 nitrogen and oxygen atoms in total. The third-order valence-electron chi connectivity index (χ3n) is 7.39. The van der Waals surface area contributed by atoms with E-state index in [0.29, 0.717) is 5.92 Å². The summed E-state index contributed by atoms with van der Waals surface area (Å²) in [6.45, 7) is 8.46. The molecule has 1 aliphatic heterocycles. The fraction of sp³-hybridized carbons (Fsp3) is 0.333. The highest BCUT2D eigenvalue weighted by Crippen LogP contribution is 2.40. The number of halogens is 1. The van der Waals surface area contributed by atoms with E-state index in [4.69, 9.17) is 16.6 Å². The van der Waals surface area contributed by atoms with Gasteiger partial charge in [0.15, 0.2) is 5.17 Å². The zero-order valence-corrected chi connectivity index (χ0v) is 22.9. The molecule has 0 N–H and O–H groups in total. The second-order valence-electron chi connectivity index (χ2n) is 9.94. The third-order valence-corrected chi connectivity index (χ3v) is 8.78. The Morgan fingerprint density at radius 1 is 1.03 bits per heavy atom. The minimum absolute atomic E-state index is 0.0663. The first kappa shape index (κ1) is 24.9. The van der Waals surface area contributed by atoms with Gasteiger partial charge in [0.1, 0.15) is 0 Å². The molecule has 2 atom stereocenters. The minimum atomic E-state index is 0.0663. The lowest BCUT2D eigenvalue weighted by molar-refractivity contribution is -0.124. The van der Waals surface area contributed by atoms with Crippen molar-refractivity contribution < 1.29 is 4.79 Å². The first-order valence-electron chi connectivity index (χ1n) is 12.7. The van der Waals surface area contributed by atoms with Gasteiger partial charge in [0.2, 0.25) is 0 Å². The topological polar surface area (TPSA) is 37.6 Å². The molecule has 5 rings (SSSR count). The van der Waals surface area contributed by atoms with Gasteiger partial charge in [0.25, 0.3) is 5.91 Å². The molecule has 0 bridgehead atoms. The van der Waals surface area contributed by atoms with Crippen molar-refractivity contribution in [2.45, 2.75) is 59.4 Å². The quantitative estimate of drug-likeness (QED) is 0.327. The Morgan fingerprint density at radius 2 is 1.78 bits per heavy atom. The van der Waals surface area contributed by atoms with Crippen molar-refractivity contribution in [3.05, 3.63) is 87.0 Å². The molecule has 3 aromatic rings. The molecule has 186 valence electrons. The lowest BCUT2D eigenvalue weighted by atomic mass is 9.85. The second kappa shape index (κ2) is 10.3. The number of amides is 1. The molecule has 0 radical (unpaired) electrons. The van der Waals surface area contributed by atoms with Crippen LogP contribution in [0.3, 0.4) is 0 Å². The van der Waals surface area contributed by atoms with Crippen molar-refractivity contribution in [1.29, 1.82) is 0 Å². The second-order valence-corrected chi connectivity index (χ2v) is 11.4. The van der Waals surface area contributed by atoms with Gasteiger partial charge in [-0.3, -0.25) is 9.69 Å². The van der Waals surface area contributed by atoms with Gasteiger partial charge >= 0.3 is 0 Å². The van der Waals surface area contributed by atoms with Gasteiger partial charge in [0.05, 0.1) is 10.6 Å². The highest BCUT2D eigenvalue weighted by Gasteiger charge is 2.41. The molecule has 1 amide bonds. The summed E-state index contributed by atoms with van der Waals surface area (Å²) in [5.74, 6) is 0.525. The summed E-state index contributed by atoms with van der Waals surface area (Å²) < 4.78 is 2.20. The number of aliphatic imine (C=N–C) groups is 1. The molecule has 1 saturated carbocycles. The predicted octanol–water partition coefficient (Wildman–Crippen LogP) is 8.24. The molecule has 0 spiro atoms. The Bertz CT molecular complexity index is 1360. The van der Waals surface area contributed by atoms with E-state index in [1.807, 2.05) is 60.4 Å².